The number of benzene rings is 1. The monoisotopic (exact) mass is 313 g/mol. The molecule has 1 aromatic carbocycles. The smallest absolute Gasteiger partial charge is 0.322 e. The van der Waals surface area contributed by atoms with Crippen LogP contribution in [0, 0.1) is 13.8 Å². The van der Waals surface area contributed by atoms with Gasteiger partial charge in [0.25, 0.3) is 5.91 Å². The molecule has 6 heteroatoms. The van der Waals surface area contributed by atoms with Gasteiger partial charge in [-0.2, -0.15) is 0 Å². The van der Waals surface area contributed by atoms with E-state index < -0.39 is 0 Å². The molecule has 5 nitrogen and oxygen atoms in total. The third-order valence-corrected chi connectivity index (χ3v) is 4.24. The topological polar surface area (TPSA) is 68.0 Å². The number of hydrogen-bond acceptors (Lipinski definition) is 5. The molecule has 0 unspecified atom stereocenters. The standard InChI is InChI=1S/C16H15N3O2S/c1-10-5-6-12(8-11(10)2)15(20)17-16-19-18-14(21-16)9-13-4-3-7-22-13/h3-8H,9H2,1-2H3,(H,17,19,20). The molecule has 0 saturated heterocycles. The van der Waals surface area contributed by atoms with Gasteiger partial charge >= 0.3 is 6.01 Å². The average Bonchev–Trinajstić information content (AvgIpc) is 3.14. The lowest BCUT2D eigenvalue weighted by Gasteiger charge is -2.04. The highest BCUT2D eigenvalue weighted by atomic mass is 32.1. The van der Waals surface area contributed by atoms with E-state index in [0.29, 0.717) is 17.9 Å². The Labute approximate surface area is 132 Å². The number of aryl methyl sites for hydroxylation is 2. The molecule has 0 aliphatic rings. The maximum absolute atomic E-state index is 12.2. The van der Waals surface area contributed by atoms with E-state index in [0.717, 1.165) is 16.0 Å². The van der Waals surface area contributed by atoms with Crippen LogP contribution >= 0.6 is 11.3 Å². The first-order valence-corrected chi connectivity index (χ1v) is 7.73. The largest absolute Gasteiger partial charge is 0.407 e. The summed E-state index contributed by atoms with van der Waals surface area (Å²) in [6, 6.07) is 9.63. The van der Waals surface area contributed by atoms with E-state index in [1.54, 1.807) is 17.4 Å². The first-order valence-electron chi connectivity index (χ1n) is 6.85. The lowest BCUT2D eigenvalue weighted by Crippen LogP contribution is -2.12. The molecule has 0 aliphatic carbocycles. The fourth-order valence-corrected chi connectivity index (χ4v) is 2.69. The van der Waals surface area contributed by atoms with Crippen molar-refractivity contribution in [2.75, 3.05) is 5.32 Å². The minimum absolute atomic E-state index is 0.120. The highest BCUT2D eigenvalue weighted by molar-refractivity contribution is 7.09. The number of anilines is 1. The van der Waals surface area contributed by atoms with Crippen LogP contribution in [0.25, 0.3) is 0 Å². The number of hydrogen-bond donors (Lipinski definition) is 1. The summed E-state index contributed by atoms with van der Waals surface area (Å²) in [5.41, 5.74) is 2.78. The summed E-state index contributed by atoms with van der Waals surface area (Å²) < 4.78 is 5.46. The Balaban J connectivity index is 1.69. The zero-order valence-electron chi connectivity index (χ0n) is 12.3. The molecular weight excluding hydrogens is 298 g/mol. The van der Waals surface area contributed by atoms with Crippen molar-refractivity contribution >= 4 is 23.3 Å². The molecule has 0 aliphatic heterocycles. The Morgan fingerprint density at radius 2 is 2.09 bits per heavy atom. The molecule has 22 heavy (non-hydrogen) atoms. The van der Waals surface area contributed by atoms with Gasteiger partial charge in [0, 0.05) is 10.4 Å². The fourth-order valence-electron chi connectivity index (χ4n) is 1.99. The third-order valence-electron chi connectivity index (χ3n) is 3.36. The van der Waals surface area contributed by atoms with Gasteiger partial charge in [-0.3, -0.25) is 10.1 Å². The number of rotatable bonds is 4. The number of aromatic nitrogens is 2. The maximum Gasteiger partial charge on any atom is 0.322 e. The molecule has 0 radical (unpaired) electrons. The fraction of sp³-hybridized carbons (Fsp3) is 0.188. The minimum atomic E-state index is -0.255. The number of nitrogens with one attached hydrogen (secondary N) is 1. The highest BCUT2D eigenvalue weighted by Gasteiger charge is 2.12. The lowest BCUT2D eigenvalue weighted by atomic mass is 10.1. The predicted octanol–water partition coefficient (Wildman–Crippen LogP) is 3.59. The van der Waals surface area contributed by atoms with E-state index in [2.05, 4.69) is 15.5 Å². The second-order valence-electron chi connectivity index (χ2n) is 5.01. The van der Waals surface area contributed by atoms with E-state index in [1.807, 2.05) is 43.5 Å². The van der Waals surface area contributed by atoms with Gasteiger partial charge in [-0.15, -0.1) is 16.4 Å². The van der Waals surface area contributed by atoms with Crippen LogP contribution in [0.3, 0.4) is 0 Å². The van der Waals surface area contributed by atoms with E-state index in [1.165, 1.54) is 0 Å². The summed E-state index contributed by atoms with van der Waals surface area (Å²) in [6.07, 6.45) is 0.574. The average molecular weight is 313 g/mol. The SMILES string of the molecule is Cc1ccc(C(=O)Nc2nnc(Cc3cccs3)o2)cc1C. The summed E-state index contributed by atoms with van der Waals surface area (Å²) in [5.74, 6) is 0.229. The van der Waals surface area contributed by atoms with Crippen LogP contribution in [0.5, 0.6) is 0 Å². The van der Waals surface area contributed by atoms with E-state index in [-0.39, 0.29) is 11.9 Å². The molecule has 0 fully saturated rings. The van der Waals surface area contributed by atoms with Crippen LogP contribution in [-0.2, 0) is 6.42 Å². The van der Waals surface area contributed by atoms with Crippen molar-refractivity contribution in [3.8, 4) is 0 Å². The Hall–Kier alpha value is -2.47. The van der Waals surface area contributed by atoms with E-state index in [4.69, 9.17) is 4.42 Å². The molecule has 3 aromatic rings. The van der Waals surface area contributed by atoms with Crippen molar-refractivity contribution in [2.24, 2.45) is 0 Å². The molecule has 0 bridgehead atoms. The van der Waals surface area contributed by atoms with Gasteiger partial charge in [-0.05, 0) is 48.6 Å². The van der Waals surface area contributed by atoms with Crippen molar-refractivity contribution in [1.82, 2.24) is 10.2 Å². The van der Waals surface area contributed by atoms with Crippen molar-refractivity contribution < 1.29 is 9.21 Å². The van der Waals surface area contributed by atoms with Crippen LogP contribution in [0.4, 0.5) is 6.01 Å². The zero-order chi connectivity index (χ0) is 15.5. The minimum Gasteiger partial charge on any atom is -0.407 e. The Kier molecular flexibility index (Phi) is 4.02. The quantitative estimate of drug-likeness (QED) is 0.799. The maximum atomic E-state index is 12.2. The van der Waals surface area contributed by atoms with Crippen molar-refractivity contribution in [1.29, 1.82) is 0 Å². The summed E-state index contributed by atoms with van der Waals surface area (Å²) in [5, 5.41) is 12.4. The molecule has 0 spiro atoms. The molecular formula is C16H15N3O2S. The summed E-state index contributed by atoms with van der Waals surface area (Å²) in [7, 11) is 0. The second-order valence-corrected chi connectivity index (χ2v) is 6.04. The molecule has 0 atom stereocenters. The second kappa shape index (κ2) is 6.11. The van der Waals surface area contributed by atoms with Crippen molar-refractivity contribution in [2.45, 2.75) is 20.3 Å². The number of thiophene rings is 1. The normalized spacial score (nSPS) is 10.6. The highest BCUT2D eigenvalue weighted by Crippen LogP contribution is 2.16. The Morgan fingerprint density at radius 1 is 1.23 bits per heavy atom. The van der Waals surface area contributed by atoms with Gasteiger partial charge in [-0.25, -0.2) is 0 Å². The number of nitrogens with zero attached hydrogens (tertiary/aromatic N) is 2. The van der Waals surface area contributed by atoms with Crippen LogP contribution in [0.15, 0.2) is 40.1 Å². The van der Waals surface area contributed by atoms with Gasteiger partial charge in [0.2, 0.25) is 5.89 Å². The molecule has 2 heterocycles. The lowest BCUT2D eigenvalue weighted by molar-refractivity contribution is 0.102. The summed E-state index contributed by atoms with van der Waals surface area (Å²) >= 11 is 1.63. The van der Waals surface area contributed by atoms with Crippen LogP contribution in [0.2, 0.25) is 0 Å². The van der Waals surface area contributed by atoms with Crippen LogP contribution in [0.1, 0.15) is 32.3 Å². The van der Waals surface area contributed by atoms with Gasteiger partial charge in [0.15, 0.2) is 0 Å². The molecule has 1 amide bonds. The van der Waals surface area contributed by atoms with Gasteiger partial charge in [0.1, 0.15) is 0 Å². The number of amides is 1. The molecule has 3 rings (SSSR count). The number of carbonyl (C=O) groups excluding carboxylic acids is 1. The molecule has 2 aromatic heterocycles. The predicted molar refractivity (Wildman–Crippen MR) is 85.3 cm³/mol. The zero-order valence-corrected chi connectivity index (χ0v) is 13.1. The van der Waals surface area contributed by atoms with Gasteiger partial charge in [0.05, 0.1) is 6.42 Å². The first kappa shape index (κ1) is 14.5. The van der Waals surface area contributed by atoms with Crippen LogP contribution < -0.4 is 5.32 Å². The van der Waals surface area contributed by atoms with Gasteiger partial charge < -0.3 is 4.42 Å². The Bertz CT molecular complexity index is 794. The van der Waals surface area contributed by atoms with Crippen LogP contribution in [-0.4, -0.2) is 16.1 Å². The third kappa shape index (κ3) is 3.23. The van der Waals surface area contributed by atoms with Crippen molar-refractivity contribution in [3.05, 3.63) is 63.2 Å². The first-order chi connectivity index (χ1) is 10.6. The van der Waals surface area contributed by atoms with E-state index >= 15 is 0 Å². The Morgan fingerprint density at radius 3 is 2.82 bits per heavy atom. The van der Waals surface area contributed by atoms with Crippen molar-refractivity contribution in [3.63, 3.8) is 0 Å². The van der Waals surface area contributed by atoms with E-state index in [9.17, 15) is 4.79 Å². The summed E-state index contributed by atoms with van der Waals surface area (Å²) in [4.78, 5) is 13.3. The van der Waals surface area contributed by atoms with Gasteiger partial charge in [-0.1, -0.05) is 17.2 Å². The molecule has 112 valence electrons. The summed E-state index contributed by atoms with van der Waals surface area (Å²) in [6.45, 7) is 3.98. The number of carbonyl (C=O) groups is 1. The molecule has 1 N–H and O–H groups in total. The molecule has 0 saturated carbocycles.